The van der Waals surface area contributed by atoms with E-state index < -0.39 is 0 Å². The molecule has 28 heavy (non-hydrogen) atoms. The summed E-state index contributed by atoms with van der Waals surface area (Å²) in [5.74, 6) is -0.140. The zero-order valence-corrected chi connectivity index (χ0v) is 16.7. The van der Waals surface area contributed by atoms with Gasteiger partial charge in [-0.05, 0) is 29.7 Å². The van der Waals surface area contributed by atoms with Crippen LogP contribution in [0.2, 0.25) is 0 Å². The first-order valence-electron chi connectivity index (χ1n) is 8.97. The highest BCUT2D eigenvalue weighted by molar-refractivity contribution is 7.09. The van der Waals surface area contributed by atoms with Gasteiger partial charge in [0, 0.05) is 32.7 Å². The Hall–Kier alpha value is -3.06. The summed E-state index contributed by atoms with van der Waals surface area (Å²) in [5, 5.41) is 12.6. The molecule has 3 N–H and O–H groups in total. The SMILES string of the molecule is CN(C)c1ccccc1C(=O)NCCc1ccc(Cc2sc(=O)[nH]c2O)cc1. The lowest BCUT2D eigenvalue weighted by atomic mass is 10.1. The number of aromatic hydroxyl groups is 1. The van der Waals surface area contributed by atoms with Gasteiger partial charge in [0.15, 0.2) is 0 Å². The Morgan fingerprint density at radius 1 is 1.11 bits per heavy atom. The number of hydrogen-bond acceptors (Lipinski definition) is 5. The molecule has 1 amide bonds. The van der Waals surface area contributed by atoms with Crippen LogP contribution in [0.25, 0.3) is 0 Å². The number of carbonyl (C=O) groups excluding carboxylic acids is 1. The summed E-state index contributed by atoms with van der Waals surface area (Å²) in [5.41, 5.74) is 3.67. The van der Waals surface area contributed by atoms with Crippen molar-refractivity contribution >= 4 is 22.9 Å². The molecule has 2 aromatic carbocycles. The van der Waals surface area contributed by atoms with Crippen LogP contribution in [-0.4, -0.2) is 36.6 Å². The molecule has 0 fully saturated rings. The number of aromatic amines is 1. The normalized spacial score (nSPS) is 10.6. The fourth-order valence-electron chi connectivity index (χ4n) is 2.95. The lowest BCUT2D eigenvalue weighted by Gasteiger charge is -2.16. The maximum absolute atomic E-state index is 12.5. The van der Waals surface area contributed by atoms with E-state index in [1.54, 1.807) is 0 Å². The van der Waals surface area contributed by atoms with Gasteiger partial charge in [-0.15, -0.1) is 0 Å². The average Bonchev–Trinajstić information content (AvgIpc) is 3.00. The molecule has 0 atom stereocenters. The third kappa shape index (κ3) is 4.80. The summed E-state index contributed by atoms with van der Waals surface area (Å²) in [6.07, 6.45) is 1.23. The van der Waals surface area contributed by atoms with Crippen molar-refractivity contribution in [1.82, 2.24) is 10.3 Å². The summed E-state index contributed by atoms with van der Waals surface area (Å²) < 4.78 is 0. The second-order valence-electron chi connectivity index (χ2n) is 6.70. The summed E-state index contributed by atoms with van der Waals surface area (Å²) in [4.78, 5) is 28.4. The fraction of sp³-hybridized carbons (Fsp3) is 0.238. The van der Waals surface area contributed by atoms with E-state index in [9.17, 15) is 14.7 Å². The highest BCUT2D eigenvalue weighted by Crippen LogP contribution is 2.20. The number of rotatable bonds is 7. The van der Waals surface area contributed by atoms with Gasteiger partial charge in [-0.25, -0.2) is 0 Å². The molecule has 0 radical (unpaired) electrons. The minimum Gasteiger partial charge on any atom is -0.494 e. The van der Waals surface area contributed by atoms with E-state index in [0.717, 1.165) is 34.6 Å². The predicted molar refractivity (Wildman–Crippen MR) is 113 cm³/mol. The van der Waals surface area contributed by atoms with Crippen LogP contribution in [0.4, 0.5) is 5.69 Å². The first kappa shape index (κ1) is 19.7. The van der Waals surface area contributed by atoms with Crippen LogP contribution in [0, 0.1) is 0 Å². The van der Waals surface area contributed by atoms with Crippen LogP contribution in [0.15, 0.2) is 53.3 Å². The molecule has 0 unspecified atom stereocenters. The molecular formula is C21H23N3O3S. The Bertz CT molecular complexity index is 1010. The van der Waals surface area contributed by atoms with E-state index >= 15 is 0 Å². The highest BCUT2D eigenvalue weighted by Gasteiger charge is 2.12. The third-order valence-electron chi connectivity index (χ3n) is 4.42. The summed E-state index contributed by atoms with van der Waals surface area (Å²) in [7, 11) is 3.83. The fourth-order valence-corrected chi connectivity index (χ4v) is 3.71. The van der Waals surface area contributed by atoms with Crippen molar-refractivity contribution in [3.05, 3.63) is 79.8 Å². The summed E-state index contributed by atoms with van der Waals surface area (Å²) in [6.45, 7) is 0.542. The Balaban J connectivity index is 1.55. The van der Waals surface area contributed by atoms with Gasteiger partial charge < -0.3 is 15.3 Å². The van der Waals surface area contributed by atoms with Crippen molar-refractivity contribution in [3.8, 4) is 5.88 Å². The maximum atomic E-state index is 12.5. The maximum Gasteiger partial charge on any atom is 0.307 e. The molecule has 1 heterocycles. The predicted octanol–water partition coefficient (Wildman–Crippen LogP) is 2.77. The topological polar surface area (TPSA) is 85.4 Å². The average molecular weight is 398 g/mol. The molecule has 0 bridgehead atoms. The van der Waals surface area contributed by atoms with E-state index in [1.165, 1.54) is 0 Å². The quantitative estimate of drug-likeness (QED) is 0.572. The zero-order chi connectivity index (χ0) is 20.1. The number of amides is 1. The Kier molecular flexibility index (Phi) is 6.16. The van der Waals surface area contributed by atoms with Crippen molar-refractivity contribution in [2.24, 2.45) is 0 Å². The number of para-hydroxylation sites is 1. The molecule has 7 heteroatoms. The Morgan fingerprint density at radius 2 is 1.79 bits per heavy atom. The Morgan fingerprint density at radius 3 is 2.43 bits per heavy atom. The number of thiazole rings is 1. The van der Waals surface area contributed by atoms with Gasteiger partial charge >= 0.3 is 4.87 Å². The van der Waals surface area contributed by atoms with Gasteiger partial charge in [-0.2, -0.15) is 0 Å². The van der Waals surface area contributed by atoms with Gasteiger partial charge in [0.05, 0.1) is 10.4 Å². The van der Waals surface area contributed by atoms with Crippen molar-refractivity contribution < 1.29 is 9.90 Å². The van der Waals surface area contributed by atoms with Crippen LogP contribution < -0.4 is 15.1 Å². The molecule has 0 aliphatic heterocycles. The van der Waals surface area contributed by atoms with Crippen LogP contribution in [0.5, 0.6) is 5.88 Å². The number of anilines is 1. The number of benzene rings is 2. The van der Waals surface area contributed by atoms with Gasteiger partial charge in [0.2, 0.25) is 5.88 Å². The molecule has 3 aromatic rings. The number of carbonyl (C=O) groups is 1. The zero-order valence-electron chi connectivity index (χ0n) is 15.9. The van der Waals surface area contributed by atoms with Crippen LogP contribution in [-0.2, 0) is 12.8 Å². The largest absolute Gasteiger partial charge is 0.494 e. The van der Waals surface area contributed by atoms with Crippen LogP contribution in [0.1, 0.15) is 26.4 Å². The van der Waals surface area contributed by atoms with Crippen molar-refractivity contribution in [2.75, 3.05) is 25.5 Å². The highest BCUT2D eigenvalue weighted by atomic mass is 32.1. The number of nitrogens with one attached hydrogen (secondary N) is 2. The number of hydrogen-bond donors (Lipinski definition) is 3. The number of aromatic nitrogens is 1. The molecule has 0 aliphatic rings. The van der Waals surface area contributed by atoms with Gasteiger partial charge in [0.1, 0.15) is 0 Å². The van der Waals surface area contributed by atoms with E-state index in [-0.39, 0.29) is 16.7 Å². The van der Waals surface area contributed by atoms with Crippen molar-refractivity contribution in [3.63, 3.8) is 0 Å². The minimum absolute atomic E-state index is 0.0557. The summed E-state index contributed by atoms with van der Waals surface area (Å²) in [6, 6.07) is 15.5. The molecule has 0 spiro atoms. The van der Waals surface area contributed by atoms with E-state index in [0.29, 0.717) is 23.4 Å². The number of nitrogens with zero attached hydrogens (tertiary/aromatic N) is 1. The minimum atomic E-state index is -0.254. The number of H-pyrrole nitrogens is 1. The van der Waals surface area contributed by atoms with Crippen LogP contribution in [0.3, 0.4) is 0 Å². The van der Waals surface area contributed by atoms with Crippen molar-refractivity contribution in [1.29, 1.82) is 0 Å². The lowest BCUT2D eigenvalue weighted by molar-refractivity contribution is 0.0954. The van der Waals surface area contributed by atoms with Gasteiger partial charge in [-0.3, -0.25) is 14.6 Å². The Labute approximate surface area is 167 Å². The molecule has 0 saturated carbocycles. The molecule has 3 rings (SSSR count). The van der Waals surface area contributed by atoms with E-state index in [1.807, 2.05) is 67.5 Å². The first-order chi connectivity index (χ1) is 13.4. The van der Waals surface area contributed by atoms with Crippen LogP contribution >= 0.6 is 11.3 Å². The monoisotopic (exact) mass is 397 g/mol. The molecule has 0 aliphatic carbocycles. The van der Waals surface area contributed by atoms with Gasteiger partial charge in [0.25, 0.3) is 5.91 Å². The molecular weight excluding hydrogens is 374 g/mol. The molecule has 6 nitrogen and oxygen atoms in total. The standard InChI is InChI=1S/C21H23N3O3S/c1-24(2)17-6-4-3-5-16(17)19(25)22-12-11-14-7-9-15(10-8-14)13-18-20(26)23-21(27)28-18/h3-10,26H,11-13H2,1-2H3,(H,22,25)(H,23,27). The molecule has 1 aromatic heterocycles. The second-order valence-corrected chi connectivity index (χ2v) is 7.76. The first-order valence-corrected chi connectivity index (χ1v) is 9.79. The lowest BCUT2D eigenvalue weighted by Crippen LogP contribution is -2.27. The van der Waals surface area contributed by atoms with Gasteiger partial charge in [-0.1, -0.05) is 47.7 Å². The van der Waals surface area contributed by atoms with E-state index in [4.69, 9.17) is 0 Å². The van der Waals surface area contributed by atoms with Crippen molar-refractivity contribution in [2.45, 2.75) is 12.8 Å². The molecule has 0 saturated heterocycles. The second kappa shape index (κ2) is 8.75. The molecule has 146 valence electrons. The third-order valence-corrected chi connectivity index (χ3v) is 5.29. The smallest absolute Gasteiger partial charge is 0.307 e. The van der Waals surface area contributed by atoms with E-state index in [2.05, 4.69) is 10.3 Å². The summed E-state index contributed by atoms with van der Waals surface area (Å²) >= 11 is 1.02.